The fourth-order valence-electron chi connectivity index (χ4n) is 2.13. The highest BCUT2D eigenvalue weighted by Crippen LogP contribution is 2.16. The fraction of sp³-hybridized carbons (Fsp3) is 0. The number of anilines is 1. The molecule has 7 nitrogen and oxygen atoms in total. The van der Waals surface area contributed by atoms with Crippen molar-refractivity contribution in [2.24, 2.45) is 5.73 Å². The molecule has 0 fully saturated rings. The van der Waals surface area contributed by atoms with Crippen LogP contribution in [0.1, 0.15) is 20.8 Å². The summed E-state index contributed by atoms with van der Waals surface area (Å²) in [5.74, 6) is -0.508. The van der Waals surface area contributed by atoms with Gasteiger partial charge in [0.1, 0.15) is 5.69 Å². The molecule has 3 N–H and O–H groups in total. The van der Waals surface area contributed by atoms with Crippen molar-refractivity contribution in [1.29, 1.82) is 0 Å². The van der Waals surface area contributed by atoms with Gasteiger partial charge in [0, 0.05) is 6.20 Å². The van der Waals surface area contributed by atoms with Gasteiger partial charge in [-0.1, -0.05) is 18.2 Å². The number of rotatable bonds is 4. The number of hydrogen-bond donors (Lipinski definition) is 2. The van der Waals surface area contributed by atoms with E-state index in [0.29, 0.717) is 17.2 Å². The van der Waals surface area contributed by atoms with Gasteiger partial charge >= 0.3 is 0 Å². The van der Waals surface area contributed by atoms with Crippen molar-refractivity contribution in [2.75, 3.05) is 5.32 Å². The van der Waals surface area contributed by atoms with Crippen molar-refractivity contribution < 1.29 is 9.59 Å². The van der Waals surface area contributed by atoms with Crippen LogP contribution in [-0.4, -0.2) is 26.6 Å². The maximum absolute atomic E-state index is 12.5. The molecule has 2 heterocycles. The largest absolute Gasteiger partial charge is 0.366 e. The molecule has 0 saturated heterocycles. The van der Waals surface area contributed by atoms with Gasteiger partial charge in [0.2, 0.25) is 0 Å². The van der Waals surface area contributed by atoms with Crippen LogP contribution >= 0.6 is 0 Å². The summed E-state index contributed by atoms with van der Waals surface area (Å²) in [6, 6.07) is 13.4. The van der Waals surface area contributed by atoms with E-state index < -0.39 is 11.8 Å². The van der Waals surface area contributed by atoms with E-state index in [9.17, 15) is 9.59 Å². The Balaban J connectivity index is 1.92. The minimum Gasteiger partial charge on any atom is -0.366 e. The van der Waals surface area contributed by atoms with Gasteiger partial charge in [-0.2, -0.15) is 5.10 Å². The molecule has 2 amide bonds. The van der Waals surface area contributed by atoms with Crippen LogP contribution in [-0.2, 0) is 0 Å². The molecule has 1 aromatic carbocycles. The van der Waals surface area contributed by atoms with Crippen LogP contribution in [0, 0.1) is 0 Å². The van der Waals surface area contributed by atoms with E-state index in [1.54, 1.807) is 54.7 Å². The second-order valence-electron chi connectivity index (χ2n) is 4.68. The number of nitrogens with one attached hydrogen (secondary N) is 1. The van der Waals surface area contributed by atoms with Crippen LogP contribution < -0.4 is 11.1 Å². The van der Waals surface area contributed by atoms with E-state index in [1.807, 2.05) is 0 Å². The highest BCUT2D eigenvalue weighted by Gasteiger charge is 2.16. The number of nitrogens with zero attached hydrogens (tertiary/aromatic N) is 3. The number of primary amides is 1. The molecule has 0 spiro atoms. The number of hydrogen-bond acceptors (Lipinski definition) is 4. The maximum Gasteiger partial charge on any atom is 0.274 e. The molecule has 0 saturated carbocycles. The summed E-state index contributed by atoms with van der Waals surface area (Å²) in [6.45, 7) is 0. The average Bonchev–Trinajstić information content (AvgIpc) is 3.05. The van der Waals surface area contributed by atoms with E-state index in [-0.39, 0.29) is 5.56 Å². The molecular weight excluding hydrogens is 294 g/mol. The molecule has 0 atom stereocenters. The van der Waals surface area contributed by atoms with Crippen molar-refractivity contribution in [3.63, 3.8) is 0 Å². The number of benzene rings is 1. The van der Waals surface area contributed by atoms with Crippen LogP contribution in [0.15, 0.2) is 60.9 Å². The number of aromatic nitrogens is 3. The van der Waals surface area contributed by atoms with Gasteiger partial charge in [0.05, 0.1) is 17.4 Å². The highest BCUT2D eigenvalue weighted by atomic mass is 16.2. The first-order valence-corrected chi connectivity index (χ1v) is 6.82. The Bertz CT molecular complexity index is 858. The standard InChI is InChI=1S/C16H13N5O2/c17-15(22)11-5-1-2-6-12(11)20-16(23)13-8-10-19-21(13)14-7-3-4-9-18-14/h1-10H,(H2,17,22)(H,20,23). The summed E-state index contributed by atoms with van der Waals surface area (Å²) in [4.78, 5) is 28.1. The van der Waals surface area contributed by atoms with Gasteiger partial charge in [-0.15, -0.1) is 0 Å². The van der Waals surface area contributed by atoms with Gasteiger partial charge in [-0.25, -0.2) is 9.67 Å². The molecule has 7 heteroatoms. The Morgan fingerprint density at radius 3 is 2.52 bits per heavy atom. The highest BCUT2D eigenvalue weighted by molar-refractivity contribution is 6.08. The van der Waals surface area contributed by atoms with Gasteiger partial charge in [-0.3, -0.25) is 9.59 Å². The smallest absolute Gasteiger partial charge is 0.274 e. The van der Waals surface area contributed by atoms with Gasteiger partial charge in [-0.05, 0) is 30.3 Å². The first-order valence-electron chi connectivity index (χ1n) is 6.82. The predicted molar refractivity (Wildman–Crippen MR) is 84.3 cm³/mol. The summed E-state index contributed by atoms with van der Waals surface area (Å²) in [7, 11) is 0. The zero-order chi connectivity index (χ0) is 16.2. The Kier molecular flexibility index (Phi) is 3.84. The minimum absolute atomic E-state index is 0.241. The molecule has 0 aliphatic carbocycles. The van der Waals surface area contributed by atoms with E-state index in [4.69, 9.17) is 5.73 Å². The summed E-state index contributed by atoms with van der Waals surface area (Å²) >= 11 is 0. The molecule has 0 unspecified atom stereocenters. The number of carbonyl (C=O) groups is 2. The SMILES string of the molecule is NC(=O)c1ccccc1NC(=O)c1ccnn1-c1ccccn1. The summed E-state index contributed by atoms with van der Waals surface area (Å²) < 4.78 is 1.42. The predicted octanol–water partition coefficient (Wildman–Crippen LogP) is 1.62. The summed E-state index contributed by atoms with van der Waals surface area (Å²) in [5, 5.41) is 6.78. The van der Waals surface area contributed by atoms with Crippen molar-refractivity contribution in [3.8, 4) is 5.82 Å². The minimum atomic E-state index is -0.612. The molecule has 2 aromatic heterocycles. The number of pyridine rings is 1. The summed E-state index contributed by atoms with van der Waals surface area (Å²) in [6.07, 6.45) is 3.12. The van der Waals surface area contributed by atoms with Gasteiger partial charge in [0.15, 0.2) is 5.82 Å². The second kappa shape index (κ2) is 6.10. The second-order valence-corrected chi connectivity index (χ2v) is 4.68. The average molecular weight is 307 g/mol. The zero-order valence-corrected chi connectivity index (χ0v) is 12.0. The van der Waals surface area contributed by atoms with E-state index in [1.165, 1.54) is 10.9 Å². The van der Waals surface area contributed by atoms with E-state index >= 15 is 0 Å². The van der Waals surface area contributed by atoms with E-state index in [2.05, 4.69) is 15.4 Å². The van der Waals surface area contributed by atoms with Crippen LogP contribution in [0.4, 0.5) is 5.69 Å². The molecule has 0 bridgehead atoms. The Morgan fingerprint density at radius 1 is 1.00 bits per heavy atom. The Hall–Kier alpha value is -3.48. The normalized spacial score (nSPS) is 10.3. The van der Waals surface area contributed by atoms with Crippen molar-refractivity contribution in [3.05, 3.63) is 72.2 Å². The lowest BCUT2D eigenvalue weighted by Gasteiger charge is -2.10. The van der Waals surface area contributed by atoms with Crippen molar-refractivity contribution in [2.45, 2.75) is 0 Å². The molecular formula is C16H13N5O2. The summed E-state index contributed by atoms with van der Waals surface area (Å²) in [5.41, 5.74) is 6.19. The maximum atomic E-state index is 12.5. The van der Waals surface area contributed by atoms with E-state index in [0.717, 1.165) is 0 Å². The van der Waals surface area contributed by atoms with Crippen LogP contribution in [0.2, 0.25) is 0 Å². The molecule has 3 aromatic rings. The molecule has 0 aliphatic rings. The Morgan fingerprint density at radius 2 is 1.78 bits per heavy atom. The third kappa shape index (κ3) is 2.93. The first kappa shape index (κ1) is 14.5. The Labute approximate surface area is 131 Å². The first-order chi connectivity index (χ1) is 11.2. The molecule has 0 radical (unpaired) electrons. The molecule has 0 aliphatic heterocycles. The third-order valence-corrected chi connectivity index (χ3v) is 3.18. The zero-order valence-electron chi connectivity index (χ0n) is 12.0. The lowest BCUT2D eigenvalue weighted by atomic mass is 10.1. The van der Waals surface area contributed by atoms with Crippen LogP contribution in [0.3, 0.4) is 0 Å². The number of amides is 2. The lowest BCUT2D eigenvalue weighted by Crippen LogP contribution is -2.20. The van der Waals surface area contributed by atoms with Crippen molar-refractivity contribution >= 4 is 17.5 Å². The fourth-order valence-corrected chi connectivity index (χ4v) is 2.13. The van der Waals surface area contributed by atoms with Crippen LogP contribution in [0.5, 0.6) is 0 Å². The lowest BCUT2D eigenvalue weighted by molar-refractivity contribution is 0.100. The van der Waals surface area contributed by atoms with Crippen LogP contribution in [0.25, 0.3) is 5.82 Å². The molecule has 114 valence electrons. The number of carbonyl (C=O) groups excluding carboxylic acids is 2. The quantitative estimate of drug-likeness (QED) is 0.764. The number of nitrogens with two attached hydrogens (primary N) is 1. The number of para-hydroxylation sites is 1. The van der Waals surface area contributed by atoms with Crippen molar-refractivity contribution in [1.82, 2.24) is 14.8 Å². The third-order valence-electron chi connectivity index (χ3n) is 3.18. The molecule has 3 rings (SSSR count). The monoisotopic (exact) mass is 307 g/mol. The molecule has 23 heavy (non-hydrogen) atoms. The van der Waals surface area contributed by atoms with Gasteiger partial charge in [0.25, 0.3) is 11.8 Å². The van der Waals surface area contributed by atoms with Gasteiger partial charge < -0.3 is 11.1 Å². The topological polar surface area (TPSA) is 103 Å².